The molecule has 202 valence electrons. The number of hydrazone groups is 1. The zero-order chi connectivity index (χ0) is 28.6. The molecule has 0 fully saturated rings. The molecule has 0 unspecified atom stereocenters. The summed E-state index contributed by atoms with van der Waals surface area (Å²) in [5.41, 5.74) is 9.92. The smallest absolute Gasteiger partial charge is 0.505 e. The first kappa shape index (κ1) is 26.5. The number of fused-ring (bicyclic) bond motifs is 1. The summed E-state index contributed by atoms with van der Waals surface area (Å²) in [5, 5.41) is 24.6. The van der Waals surface area contributed by atoms with Crippen LogP contribution in [0, 0.1) is 13.8 Å². The second-order valence-corrected chi connectivity index (χ2v) is 9.97. The van der Waals surface area contributed by atoms with Gasteiger partial charge < -0.3 is 14.9 Å². The number of anilines is 3. The number of benzene rings is 4. The van der Waals surface area contributed by atoms with Crippen LogP contribution in [-0.2, 0) is 4.79 Å². The van der Waals surface area contributed by atoms with E-state index in [-0.39, 0.29) is 34.7 Å². The number of nitrogens with one attached hydrogen (secondary N) is 1. The molecular weight excluding hydrogens is 506 g/mol. The molecule has 0 aromatic heterocycles. The normalized spacial score (nSPS) is 13.6. The molecule has 1 amide bonds. The van der Waals surface area contributed by atoms with Crippen molar-refractivity contribution in [3.63, 3.8) is 0 Å². The summed E-state index contributed by atoms with van der Waals surface area (Å²) < 4.78 is 4.75. The fourth-order valence-electron chi connectivity index (χ4n) is 4.84. The Morgan fingerprint density at radius 3 is 2.42 bits per heavy atom. The van der Waals surface area contributed by atoms with Crippen molar-refractivity contribution in [2.75, 3.05) is 10.3 Å². The van der Waals surface area contributed by atoms with Gasteiger partial charge in [0.05, 0.1) is 11.4 Å². The number of hydrogen-bond donors (Lipinski definition) is 3. The van der Waals surface area contributed by atoms with E-state index in [2.05, 4.69) is 24.4 Å². The van der Waals surface area contributed by atoms with E-state index in [1.165, 1.54) is 12.1 Å². The van der Waals surface area contributed by atoms with Crippen molar-refractivity contribution in [1.29, 1.82) is 0 Å². The molecule has 1 aliphatic rings. The second kappa shape index (κ2) is 10.6. The van der Waals surface area contributed by atoms with Crippen LogP contribution < -0.4 is 15.1 Å². The van der Waals surface area contributed by atoms with E-state index in [0.717, 1.165) is 33.6 Å². The minimum atomic E-state index is -1.43. The number of aryl methyl sites for hydroxylation is 2. The summed E-state index contributed by atoms with van der Waals surface area (Å²) in [6.45, 7) is 8.19. The number of rotatable bonds is 6. The van der Waals surface area contributed by atoms with E-state index in [4.69, 9.17) is 9.84 Å². The molecule has 1 heterocycles. The van der Waals surface area contributed by atoms with E-state index in [1.54, 1.807) is 35.2 Å². The number of phenols is 1. The molecule has 0 saturated carbocycles. The lowest BCUT2D eigenvalue weighted by Gasteiger charge is -2.19. The van der Waals surface area contributed by atoms with Crippen molar-refractivity contribution in [2.45, 2.75) is 33.6 Å². The average Bonchev–Trinajstić information content (AvgIpc) is 3.20. The molecule has 0 bridgehead atoms. The van der Waals surface area contributed by atoms with Gasteiger partial charge in [-0.15, -0.1) is 0 Å². The van der Waals surface area contributed by atoms with Crippen molar-refractivity contribution in [3.8, 4) is 22.6 Å². The van der Waals surface area contributed by atoms with E-state index in [9.17, 15) is 14.7 Å². The number of carbonyl (C=O) groups excluding carboxylic acids is 1. The molecule has 5 rings (SSSR count). The van der Waals surface area contributed by atoms with Gasteiger partial charge in [-0.1, -0.05) is 56.3 Å². The van der Waals surface area contributed by atoms with Gasteiger partial charge in [0.15, 0.2) is 5.71 Å². The third kappa shape index (κ3) is 4.87. The fraction of sp³-hybridized carbons (Fsp3) is 0.156. The molecule has 0 saturated heterocycles. The number of carboxylic acid groups (broad SMARTS) is 1. The Morgan fingerprint density at radius 1 is 0.950 bits per heavy atom. The van der Waals surface area contributed by atoms with Gasteiger partial charge in [0.25, 0.3) is 5.91 Å². The predicted molar refractivity (Wildman–Crippen MR) is 156 cm³/mol. The number of phenolic OH excluding ortho intramolecular Hbond substituents is 1. The number of hydrogen-bond acceptors (Lipinski definition) is 6. The van der Waals surface area contributed by atoms with Gasteiger partial charge in [-0.25, -0.2) is 4.79 Å². The first-order valence-corrected chi connectivity index (χ1v) is 12.9. The molecule has 8 nitrogen and oxygen atoms in total. The number of amides is 1. The largest absolute Gasteiger partial charge is 0.511 e. The average molecular weight is 536 g/mol. The molecule has 0 atom stereocenters. The maximum Gasteiger partial charge on any atom is 0.511 e. The molecule has 8 heteroatoms. The highest BCUT2D eigenvalue weighted by Gasteiger charge is 2.37. The van der Waals surface area contributed by atoms with Crippen molar-refractivity contribution in [2.24, 2.45) is 5.10 Å². The van der Waals surface area contributed by atoms with Gasteiger partial charge in [0.1, 0.15) is 11.5 Å². The molecule has 1 aliphatic heterocycles. The zero-order valence-electron chi connectivity index (χ0n) is 22.6. The van der Waals surface area contributed by atoms with Crippen LogP contribution in [0.25, 0.3) is 11.1 Å². The Kier molecular flexibility index (Phi) is 7.00. The third-order valence-corrected chi connectivity index (χ3v) is 7.00. The number of para-hydroxylation sites is 1. The summed E-state index contributed by atoms with van der Waals surface area (Å²) >= 11 is 0. The summed E-state index contributed by atoms with van der Waals surface area (Å²) in [6, 6.07) is 23.3. The van der Waals surface area contributed by atoms with Crippen LogP contribution in [-0.4, -0.2) is 28.0 Å². The maximum absolute atomic E-state index is 13.9. The lowest BCUT2D eigenvalue weighted by atomic mass is 9.94. The van der Waals surface area contributed by atoms with Crippen LogP contribution in [0.4, 0.5) is 21.9 Å². The zero-order valence-corrected chi connectivity index (χ0v) is 22.6. The second-order valence-electron chi connectivity index (χ2n) is 9.97. The van der Waals surface area contributed by atoms with E-state index < -0.39 is 6.16 Å². The Labute approximate surface area is 232 Å². The molecule has 4 aromatic carbocycles. The van der Waals surface area contributed by atoms with E-state index in [1.807, 2.05) is 50.2 Å². The number of ether oxygens (including phenoxy) is 1. The van der Waals surface area contributed by atoms with Crippen LogP contribution in [0.3, 0.4) is 0 Å². The summed E-state index contributed by atoms with van der Waals surface area (Å²) in [4.78, 5) is 26.5. The third-order valence-electron chi connectivity index (χ3n) is 7.00. The van der Waals surface area contributed by atoms with Gasteiger partial charge >= 0.3 is 6.16 Å². The van der Waals surface area contributed by atoms with Crippen LogP contribution in [0.1, 0.15) is 42.0 Å². The molecule has 4 aromatic rings. The molecular formula is C32H29N3O5. The van der Waals surface area contributed by atoms with Crippen molar-refractivity contribution >= 4 is 34.8 Å². The highest BCUT2D eigenvalue weighted by molar-refractivity contribution is 6.56. The standard InChI is InChI=1S/C32H29N3O5/c1-18(2)24-10-7-13-27-28(24)29(31(37)35(27)22-15-14-19(3)20(4)16-22)34-33-26-12-6-11-25(30(26)36)21-8-5-9-23(17-21)40-32(38)39/h5-18,33,36H,1-4H3,(H,38,39). The minimum Gasteiger partial charge on any atom is -0.505 e. The minimum absolute atomic E-state index is 0.104. The first-order chi connectivity index (χ1) is 19.2. The van der Waals surface area contributed by atoms with Gasteiger partial charge in [-0.05, 0) is 78.4 Å². The van der Waals surface area contributed by atoms with Crippen LogP contribution in [0.2, 0.25) is 0 Å². The lowest BCUT2D eigenvalue weighted by molar-refractivity contribution is -0.111. The highest BCUT2D eigenvalue weighted by atomic mass is 16.7. The summed E-state index contributed by atoms with van der Waals surface area (Å²) in [6.07, 6.45) is -1.43. The van der Waals surface area contributed by atoms with E-state index in [0.29, 0.717) is 11.1 Å². The van der Waals surface area contributed by atoms with Crippen LogP contribution >= 0.6 is 0 Å². The van der Waals surface area contributed by atoms with Gasteiger partial charge in [0.2, 0.25) is 0 Å². The maximum atomic E-state index is 13.9. The van der Waals surface area contributed by atoms with Crippen molar-refractivity contribution in [3.05, 3.63) is 101 Å². The van der Waals surface area contributed by atoms with Gasteiger partial charge in [-0.2, -0.15) is 5.10 Å². The quantitative estimate of drug-likeness (QED) is 0.103. The van der Waals surface area contributed by atoms with Gasteiger partial charge in [0, 0.05) is 16.8 Å². The van der Waals surface area contributed by atoms with E-state index >= 15 is 0 Å². The summed E-state index contributed by atoms with van der Waals surface area (Å²) in [5.74, 6) is -0.102. The number of aromatic hydroxyl groups is 1. The number of nitrogens with zero attached hydrogens (tertiary/aromatic N) is 2. The van der Waals surface area contributed by atoms with Crippen LogP contribution in [0.15, 0.2) is 84.0 Å². The van der Waals surface area contributed by atoms with Gasteiger partial charge in [-0.3, -0.25) is 15.1 Å². The van der Waals surface area contributed by atoms with Crippen molar-refractivity contribution in [1.82, 2.24) is 0 Å². The fourth-order valence-corrected chi connectivity index (χ4v) is 4.84. The Hall–Kier alpha value is -5.11. The Morgan fingerprint density at radius 2 is 1.70 bits per heavy atom. The van der Waals surface area contributed by atoms with Crippen LogP contribution in [0.5, 0.6) is 11.5 Å². The first-order valence-electron chi connectivity index (χ1n) is 12.9. The number of carbonyl (C=O) groups is 2. The Bertz CT molecular complexity index is 1680. The molecule has 3 N–H and O–H groups in total. The highest BCUT2D eigenvalue weighted by Crippen LogP contribution is 2.41. The summed E-state index contributed by atoms with van der Waals surface area (Å²) in [7, 11) is 0. The SMILES string of the molecule is Cc1ccc(N2C(=O)C(=NNc3cccc(-c4cccc(OC(=O)O)c4)c3O)c3c(C(C)C)cccc32)cc1C. The molecule has 0 aliphatic carbocycles. The van der Waals surface area contributed by atoms with Crippen molar-refractivity contribution < 1.29 is 24.5 Å². The topological polar surface area (TPSA) is 111 Å². The monoisotopic (exact) mass is 535 g/mol. The lowest BCUT2D eigenvalue weighted by Crippen LogP contribution is -2.26. The molecule has 0 radical (unpaired) electrons. The predicted octanol–water partition coefficient (Wildman–Crippen LogP) is 7.35. The molecule has 40 heavy (non-hydrogen) atoms. The Balaban J connectivity index is 1.56. The molecule has 0 spiro atoms.